The largest absolute Gasteiger partial charge is 0.390 e. The highest BCUT2D eigenvalue weighted by molar-refractivity contribution is 6.04. The molecule has 0 aromatic heterocycles. The predicted octanol–water partition coefficient (Wildman–Crippen LogP) is 3.70. The topological polar surface area (TPSA) is 162 Å². The summed E-state index contributed by atoms with van der Waals surface area (Å²) < 4.78 is 0. The molecule has 3 aromatic carbocycles. The number of nitrogens with two attached hydrogens (primary N) is 1. The maximum Gasteiger partial charge on any atom is 0.253 e. The quantitative estimate of drug-likeness (QED) is 0.151. The van der Waals surface area contributed by atoms with Crippen LogP contribution in [-0.2, 0) is 17.8 Å². The molecule has 47 heavy (non-hydrogen) atoms. The van der Waals surface area contributed by atoms with Crippen molar-refractivity contribution in [3.8, 4) is 0 Å². The summed E-state index contributed by atoms with van der Waals surface area (Å²) in [5, 5.41) is 28.7. The number of hydrogen-bond acceptors (Lipinski definition) is 6. The van der Waals surface area contributed by atoms with Gasteiger partial charge in [0, 0.05) is 36.3 Å². The molecule has 10 nitrogen and oxygen atoms in total. The summed E-state index contributed by atoms with van der Waals surface area (Å²) in [4.78, 5) is 54.4. The standard InChI is InChI=1S/C37H48N4O6/c1-5-17-41(18-6-2)37(47)29-21-27(34(38)44)20-28(22-29)35(45)40-30(19-25-13-9-7-10-14-25)32(42)33(43)31(24(3)4)36(46)39-23-26-15-11-8-12-16-26/h7-16,20-22,24,30-33,42-43H,5-6,17-19,23H2,1-4H3,(H2,38,44)(H,39,46)(H,40,45)/t30-,31+,32+,33+/m0/s1. The van der Waals surface area contributed by atoms with Crippen LogP contribution in [0.3, 0.4) is 0 Å². The van der Waals surface area contributed by atoms with Crippen molar-refractivity contribution in [2.45, 2.75) is 71.8 Å². The highest BCUT2D eigenvalue weighted by atomic mass is 16.3. The molecule has 0 aliphatic rings. The third-order valence-electron chi connectivity index (χ3n) is 8.08. The highest BCUT2D eigenvalue weighted by Gasteiger charge is 2.38. The molecule has 0 unspecified atom stereocenters. The van der Waals surface area contributed by atoms with E-state index < -0.39 is 41.9 Å². The number of nitrogens with one attached hydrogen (secondary N) is 2. The zero-order valence-corrected chi connectivity index (χ0v) is 27.7. The van der Waals surface area contributed by atoms with Crippen molar-refractivity contribution in [2.75, 3.05) is 13.1 Å². The summed E-state index contributed by atoms with van der Waals surface area (Å²) >= 11 is 0. The van der Waals surface area contributed by atoms with Gasteiger partial charge in [-0.15, -0.1) is 0 Å². The smallest absolute Gasteiger partial charge is 0.253 e. The van der Waals surface area contributed by atoms with E-state index in [0.717, 1.165) is 24.0 Å². The minimum Gasteiger partial charge on any atom is -0.390 e. The van der Waals surface area contributed by atoms with Gasteiger partial charge in [-0.25, -0.2) is 0 Å². The van der Waals surface area contributed by atoms with Crippen molar-refractivity contribution >= 4 is 23.6 Å². The van der Waals surface area contributed by atoms with E-state index >= 15 is 0 Å². The number of rotatable bonds is 17. The zero-order chi connectivity index (χ0) is 34.5. The maximum absolute atomic E-state index is 13.8. The number of benzene rings is 3. The van der Waals surface area contributed by atoms with Gasteiger partial charge >= 0.3 is 0 Å². The Hall–Kier alpha value is -4.54. The van der Waals surface area contributed by atoms with Crippen molar-refractivity contribution in [3.05, 3.63) is 107 Å². The fraction of sp³-hybridized carbons (Fsp3) is 0.405. The van der Waals surface area contributed by atoms with Crippen LogP contribution < -0.4 is 16.4 Å². The van der Waals surface area contributed by atoms with Gasteiger partial charge < -0.3 is 31.5 Å². The summed E-state index contributed by atoms with van der Waals surface area (Å²) in [6, 6.07) is 21.5. The minimum atomic E-state index is -1.56. The molecule has 4 amide bonds. The van der Waals surface area contributed by atoms with E-state index in [-0.39, 0.29) is 41.5 Å². The molecular formula is C37H48N4O6. The molecule has 6 N–H and O–H groups in total. The Morgan fingerprint density at radius 3 is 1.83 bits per heavy atom. The van der Waals surface area contributed by atoms with Crippen LogP contribution in [0.5, 0.6) is 0 Å². The number of carbonyl (C=O) groups excluding carboxylic acids is 4. The van der Waals surface area contributed by atoms with Crippen molar-refractivity contribution in [1.82, 2.24) is 15.5 Å². The lowest BCUT2D eigenvalue weighted by molar-refractivity contribution is -0.135. The molecule has 0 fully saturated rings. The van der Waals surface area contributed by atoms with E-state index in [1.807, 2.05) is 74.5 Å². The molecule has 0 bridgehead atoms. The summed E-state index contributed by atoms with van der Waals surface area (Å²) in [6.45, 7) is 8.74. The Morgan fingerprint density at radius 1 is 0.766 bits per heavy atom. The third-order valence-corrected chi connectivity index (χ3v) is 8.08. The normalized spacial score (nSPS) is 13.7. The van der Waals surface area contributed by atoms with E-state index in [2.05, 4.69) is 10.6 Å². The molecule has 4 atom stereocenters. The second kappa shape index (κ2) is 18.0. The van der Waals surface area contributed by atoms with Crippen LogP contribution in [-0.4, -0.2) is 70.1 Å². The van der Waals surface area contributed by atoms with E-state index in [1.54, 1.807) is 18.7 Å². The Morgan fingerprint density at radius 2 is 1.30 bits per heavy atom. The van der Waals surface area contributed by atoms with Gasteiger partial charge in [-0.1, -0.05) is 88.4 Å². The average Bonchev–Trinajstić information content (AvgIpc) is 3.06. The Balaban J connectivity index is 1.92. The van der Waals surface area contributed by atoms with Gasteiger partial charge in [0.2, 0.25) is 11.8 Å². The zero-order valence-electron chi connectivity index (χ0n) is 27.7. The SMILES string of the molecule is CCCN(CCC)C(=O)c1cc(C(N)=O)cc(C(=O)N[C@@H](Cc2ccccc2)[C@@H](O)[C@H](O)[C@H](C(=O)NCc2ccccc2)C(C)C)c1. The first-order valence-electron chi connectivity index (χ1n) is 16.2. The number of carbonyl (C=O) groups is 4. The summed E-state index contributed by atoms with van der Waals surface area (Å²) in [5.41, 5.74) is 7.37. The van der Waals surface area contributed by atoms with Crippen LogP contribution in [0.2, 0.25) is 0 Å². The first-order valence-corrected chi connectivity index (χ1v) is 16.2. The molecule has 0 saturated heterocycles. The second-order valence-electron chi connectivity index (χ2n) is 12.2. The predicted molar refractivity (Wildman–Crippen MR) is 181 cm³/mol. The first-order chi connectivity index (χ1) is 22.5. The number of aliphatic hydroxyl groups is 2. The molecule has 3 aromatic rings. The van der Waals surface area contributed by atoms with Gasteiger partial charge in [-0.2, -0.15) is 0 Å². The number of primary amides is 1. The molecule has 0 aliphatic carbocycles. The lowest BCUT2D eigenvalue weighted by atomic mass is 9.83. The molecule has 0 spiro atoms. The molecule has 0 aliphatic heterocycles. The van der Waals surface area contributed by atoms with Gasteiger partial charge in [-0.05, 0) is 54.5 Å². The molecule has 10 heteroatoms. The van der Waals surface area contributed by atoms with Crippen LogP contribution >= 0.6 is 0 Å². The fourth-order valence-corrected chi connectivity index (χ4v) is 5.64. The monoisotopic (exact) mass is 644 g/mol. The first kappa shape index (κ1) is 36.9. The fourth-order valence-electron chi connectivity index (χ4n) is 5.64. The lowest BCUT2D eigenvalue weighted by Crippen LogP contribution is -2.55. The van der Waals surface area contributed by atoms with E-state index in [1.165, 1.54) is 18.2 Å². The minimum absolute atomic E-state index is 0.00152. The van der Waals surface area contributed by atoms with Gasteiger partial charge in [0.25, 0.3) is 11.8 Å². The summed E-state index contributed by atoms with van der Waals surface area (Å²) in [6.07, 6.45) is -1.50. The molecular weight excluding hydrogens is 596 g/mol. The van der Waals surface area contributed by atoms with Crippen LogP contribution in [0.25, 0.3) is 0 Å². The van der Waals surface area contributed by atoms with Gasteiger partial charge in [0.1, 0.15) is 6.10 Å². The Bertz CT molecular complexity index is 1470. The Kier molecular flexibility index (Phi) is 14.1. The van der Waals surface area contributed by atoms with Crippen LogP contribution in [0.1, 0.15) is 82.7 Å². The maximum atomic E-state index is 13.8. The van der Waals surface area contributed by atoms with Gasteiger partial charge in [0.15, 0.2) is 0 Å². The third kappa shape index (κ3) is 10.5. The number of amides is 4. The molecule has 0 radical (unpaired) electrons. The molecule has 3 rings (SSSR count). The number of aliphatic hydroxyl groups excluding tert-OH is 2. The Labute approximate surface area is 277 Å². The molecule has 0 saturated carbocycles. The van der Waals surface area contributed by atoms with Crippen molar-refractivity contribution in [2.24, 2.45) is 17.6 Å². The summed E-state index contributed by atoms with van der Waals surface area (Å²) in [7, 11) is 0. The second-order valence-corrected chi connectivity index (χ2v) is 12.2. The summed E-state index contributed by atoms with van der Waals surface area (Å²) in [5.74, 6) is -3.58. The van der Waals surface area contributed by atoms with Crippen LogP contribution in [0, 0.1) is 11.8 Å². The average molecular weight is 645 g/mol. The number of hydrogen-bond donors (Lipinski definition) is 5. The highest BCUT2D eigenvalue weighted by Crippen LogP contribution is 2.23. The number of nitrogens with zero attached hydrogens (tertiary/aromatic N) is 1. The van der Waals surface area contributed by atoms with Crippen molar-refractivity contribution in [3.63, 3.8) is 0 Å². The van der Waals surface area contributed by atoms with E-state index in [9.17, 15) is 29.4 Å². The van der Waals surface area contributed by atoms with Crippen molar-refractivity contribution < 1.29 is 29.4 Å². The van der Waals surface area contributed by atoms with Gasteiger partial charge in [0.05, 0.1) is 18.1 Å². The van der Waals surface area contributed by atoms with E-state index in [0.29, 0.717) is 13.1 Å². The lowest BCUT2D eigenvalue weighted by Gasteiger charge is -2.33. The molecule has 0 heterocycles. The molecule has 252 valence electrons. The van der Waals surface area contributed by atoms with Gasteiger partial charge in [-0.3, -0.25) is 19.2 Å². The van der Waals surface area contributed by atoms with Crippen LogP contribution in [0.4, 0.5) is 0 Å². The van der Waals surface area contributed by atoms with Crippen molar-refractivity contribution in [1.29, 1.82) is 0 Å². The van der Waals surface area contributed by atoms with E-state index in [4.69, 9.17) is 5.73 Å². The van der Waals surface area contributed by atoms with Crippen LogP contribution in [0.15, 0.2) is 78.9 Å².